The van der Waals surface area contributed by atoms with E-state index in [1.54, 1.807) is 30.6 Å². The Bertz CT molecular complexity index is 565. The van der Waals surface area contributed by atoms with Crippen LogP contribution in [0.3, 0.4) is 0 Å². The number of hydrogen-bond acceptors (Lipinski definition) is 4. The maximum atomic E-state index is 11.7. The average molecular weight is 255 g/mol. The fourth-order valence-corrected chi connectivity index (χ4v) is 1.41. The maximum Gasteiger partial charge on any atom is 0.248 e. The van der Waals surface area contributed by atoms with E-state index in [0.29, 0.717) is 11.6 Å². The van der Waals surface area contributed by atoms with Crippen LogP contribution >= 0.6 is 0 Å². The lowest BCUT2D eigenvalue weighted by molar-refractivity contribution is -0.111. The molecule has 0 saturated heterocycles. The van der Waals surface area contributed by atoms with Crippen LogP contribution in [0.15, 0.2) is 48.9 Å². The van der Waals surface area contributed by atoms with E-state index >= 15 is 0 Å². The van der Waals surface area contributed by atoms with Crippen molar-refractivity contribution >= 4 is 17.7 Å². The lowest BCUT2D eigenvalue weighted by Crippen LogP contribution is -2.07. The molecular weight excluding hydrogens is 242 g/mol. The normalized spacial score (nSPS) is 10.4. The Kier molecular flexibility index (Phi) is 4.23. The first kappa shape index (κ1) is 12.8. The van der Waals surface area contributed by atoms with Gasteiger partial charge in [-0.1, -0.05) is 6.07 Å². The van der Waals surface area contributed by atoms with Gasteiger partial charge in [-0.2, -0.15) is 0 Å². The molecule has 0 saturated carbocycles. The highest BCUT2D eigenvalue weighted by Crippen LogP contribution is 2.11. The predicted octanol–water partition coefficient (Wildman–Crippen LogP) is 2.14. The van der Waals surface area contributed by atoms with Gasteiger partial charge >= 0.3 is 0 Å². The highest BCUT2D eigenvalue weighted by atomic mass is 16.5. The Morgan fingerprint density at radius 3 is 2.84 bits per heavy atom. The Labute approximate surface area is 111 Å². The molecule has 2 aromatic rings. The van der Waals surface area contributed by atoms with Crippen LogP contribution in [0, 0.1) is 0 Å². The van der Waals surface area contributed by atoms with Gasteiger partial charge < -0.3 is 10.1 Å². The van der Waals surface area contributed by atoms with Gasteiger partial charge in [0.1, 0.15) is 0 Å². The summed E-state index contributed by atoms with van der Waals surface area (Å²) in [6.07, 6.45) is 8.04. The summed E-state index contributed by atoms with van der Waals surface area (Å²) in [6, 6.07) is 7.08. The summed E-state index contributed by atoms with van der Waals surface area (Å²) in [5, 5.41) is 2.70. The number of carbonyl (C=O) groups is 1. The standard InChI is InChI=1S/C14H13N3O2/c1-19-14-7-5-12(10-16-14)17-13(18)6-4-11-3-2-8-15-9-11/h2-10H,1H3,(H,17,18)/b6-4+. The van der Waals surface area contributed by atoms with Crippen molar-refractivity contribution in [2.75, 3.05) is 12.4 Å². The highest BCUT2D eigenvalue weighted by Gasteiger charge is 1.99. The summed E-state index contributed by atoms with van der Waals surface area (Å²) < 4.78 is 4.93. The van der Waals surface area contributed by atoms with Gasteiger partial charge in [0.05, 0.1) is 19.0 Å². The molecule has 0 atom stereocenters. The van der Waals surface area contributed by atoms with Crippen LogP contribution in [0.4, 0.5) is 5.69 Å². The van der Waals surface area contributed by atoms with E-state index < -0.39 is 0 Å². The molecule has 0 aliphatic rings. The average Bonchev–Trinajstić information content (AvgIpc) is 2.47. The second-order valence-corrected chi connectivity index (χ2v) is 3.70. The quantitative estimate of drug-likeness (QED) is 0.850. The summed E-state index contributed by atoms with van der Waals surface area (Å²) in [5.74, 6) is 0.278. The minimum Gasteiger partial charge on any atom is -0.481 e. The van der Waals surface area contributed by atoms with Gasteiger partial charge in [0, 0.05) is 24.5 Å². The van der Waals surface area contributed by atoms with E-state index in [1.165, 1.54) is 19.4 Å². The first-order valence-electron chi connectivity index (χ1n) is 5.67. The molecule has 0 aromatic carbocycles. The first-order chi connectivity index (χ1) is 9.28. The van der Waals surface area contributed by atoms with E-state index in [-0.39, 0.29) is 5.91 Å². The zero-order valence-electron chi connectivity index (χ0n) is 10.4. The van der Waals surface area contributed by atoms with E-state index in [2.05, 4.69) is 15.3 Å². The molecule has 19 heavy (non-hydrogen) atoms. The molecule has 1 amide bonds. The monoisotopic (exact) mass is 255 g/mol. The molecule has 2 aromatic heterocycles. The SMILES string of the molecule is COc1ccc(NC(=O)/C=C/c2cccnc2)cn1. The first-order valence-corrected chi connectivity index (χ1v) is 5.67. The Morgan fingerprint density at radius 1 is 1.32 bits per heavy atom. The summed E-state index contributed by atoms with van der Waals surface area (Å²) in [7, 11) is 1.54. The zero-order chi connectivity index (χ0) is 13.5. The molecule has 1 N–H and O–H groups in total. The molecule has 5 heteroatoms. The Balaban J connectivity index is 1.95. The van der Waals surface area contributed by atoms with Crippen LogP contribution in [-0.2, 0) is 4.79 Å². The number of pyridine rings is 2. The third-order valence-electron chi connectivity index (χ3n) is 2.32. The molecule has 0 spiro atoms. The smallest absolute Gasteiger partial charge is 0.248 e. The number of nitrogens with zero attached hydrogens (tertiary/aromatic N) is 2. The molecule has 2 heterocycles. The second kappa shape index (κ2) is 6.30. The molecule has 0 radical (unpaired) electrons. The van der Waals surface area contributed by atoms with E-state index in [1.807, 2.05) is 12.1 Å². The second-order valence-electron chi connectivity index (χ2n) is 3.70. The predicted molar refractivity (Wildman–Crippen MR) is 72.7 cm³/mol. The van der Waals surface area contributed by atoms with Gasteiger partial charge in [-0.3, -0.25) is 9.78 Å². The summed E-state index contributed by atoms with van der Waals surface area (Å²) in [4.78, 5) is 19.6. The van der Waals surface area contributed by atoms with Gasteiger partial charge in [0.15, 0.2) is 0 Å². The molecule has 2 rings (SSSR count). The number of aromatic nitrogens is 2. The highest BCUT2D eigenvalue weighted by molar-refractivity contribution is 6.01. The lowest BCUT2D eigenvalue weighted by atomic mass is 10.2. The number of carbonyl (C=O) groups excluding carboxylic acids is 1. The van der Waals surface area contributed by atoms with Gasteiger partial charge in [-0.25, -0.2) is 4.98 Å². The number of nitrogens with one attached hydrogen (secondary N) is 1. The molecular formula is C14H13N3O2. The number of amides is 1. The van der Waals surface area contributed by atoms with Crippen LogP contribution in [0.25, 0.3) is 6.08 Å². The molecule has 5 nitrogen and oxygen atoms in total. The van der Waals surface area contributed by atoms with Crippen molar-refractivity contribution in [2.24, 2.45) is 0 Å². The van der Waals surface area contributed by atoms with Crippen LogP contribution in [0.5, 0.6) is 5.88 Å². The van der Waals surface area contributed by atoms with Crippen molar-refractivity contribution in [3.8, 4) is 5.88 Å². The van der Waals surface area contributed by atoms with E-state index in [4.69, 9.17) is 4.74 Å². The van der Waals surface area contributed by atoms with Crippen molar-refractivity contribution in [2.45, 2.75) is 0 Å². The van der Waals surface area contributed by atoms with Crippen molar-refractivity contribution in [1.82, 2.24) is 9.97 Å². The fourth-order valence-electron chi connectivity index (χ4n) is 1.41. The summed E-state index contributed by atoms with van der Waals surface area (Å²) in [6.45, 7) is 0. The lowest BCUT2D eigenvalue weighted by Gasteiger charge is -2.02. The number of anilines is 1. The largest absolute Gasteiger partial charge is 0.481 e. The van der Waals surface area contributed by atoms with E-state index in [9.17, 15) is 4.79 Å². The van der Waals surface area contributed by atoms with Crippen LogP contribution in [0.2, 0.25) is 0 Å². The van der Waals surface area contributed by atoms with E-state index in [0.717, 1.165) is 5.56 Å². The van der Waals surface area contributed by atoms with Gasteiger partial charge in [0.25, 0.3) is 0 Å². The third kappa shape index (κ3) is 3.92. The fraction of sp³-hybridized carbons (Fsp3) is 0.0714. The van der Waals surface area contributed by atoms with Crippen molar-refractivity contribution < 1.29 is 9.53 Å². The molecule has 0 bridgehead atoms. The maximum absolute atomic E-state index is 11.7. The van der Waals surface area contributed by atoms with Crippen molar-refractivity contribution in [3.63, 3.8) is 0 Å². The van der Waals surface area contributed by atoms with Crippen LogP contribution in [0.1, 0.15) is 5.56 Å². The summed E-state index contributed by atoms with van der Waals surface area (Å²) >= 11 is 0. The molecule has 96 valence electrons. The third-order valence-corrected chi connectivity index (χ3v) is 2.32. The molecule has 0 fully saturated rings. The number of ether oxygens (including phenoxy) is 1. The number of methoxy groups -OCH3 is 1. The molecule has 0 unspecified atom stereocenters. The topological polar surface area (TPSA) is 64.1 Å². The van der Waals surface area contributed by atoms with Gasteiger partial charge in [-0.15, -0.1) is 0 Å². The Morgan fingerprint density at radius 2 is 2.21 bits per heavy atom. The van der Waals surface area contributed by atoms with Gasteiger partial charge in [-0.05, 0) is 23.8 Å². The Hall–Kier alpha value is -2.69. The van der Waals surface area contributed by atoms with Crippen molar-refractivity contribution in [1.29, 1.82) is 0 Å². The summed E-state index contributed by atoms with van der Waals surface area (Å²) in [5.41, 5.74) is 1.48. The van der Waals surface area contributed by atoms with Crippen LogP contribution in [-0.4, -0.2) is 23.0 Å². The van der Waals surface area contributed by atoms with Crippen molar-refractivity contribution in [3.05, 3.63) is 54.5 Å². The number of rotatable bonds is 4. The minimum absolute atomic E-state index is 0.226. The molecule has 0 aliphatic heterocycles. The van der Waals surface area contributed by atoms with Crippen LogP contribution < -0.4 is 10.1 Å². The minimum atomic E-state index is -0.226. The molecule has 0 aliphatic carbocycles. The number of hydrogen-bond donors (Lipinski definition) is 1. The zero-order valence-corrected chi connectivity index (χ0v) is 10.4. The van der Waals surface area contributed by atoms with Gasteiger partial charge in [0.2, 0.25) is 11.8 Å².